The van der Waals surface area contributed by atoms with Gasteiger partial charge in [0.2, 0.25) is 0 Å². The number of carbonyl (C=O) groups excluding carboxylic acids is 1. The van der Waals surface area contributed by atoms with E-state index in [-0.39, 0.29) is 11.5 Å². The van der Waals surface area contributed by atoms with Gasteiger partial charge in [0.05, 0.1) is 22.9 Å². The third kappa shape index (κ3) is 3.47. The summed E-state index contributed by atoms with van der Waals surface area (Å²) in [5, 5.41) is 2.83. The summed E-state index contributed by atoms with van der Waals surface area (Å²) >= 11 is 0. The molecule has 1 N–H and O–H groups in total. The standard InChI is InChI=1S/C23H18FN3O/c1-15-21(16-9-3-2-4-10-16)22(26-20-14-8-7-13-19(20)25-15)27-23(28)17-11-5-6-12-18(17)24/h2-14,21H,1H3,(H,26,27,28)/t21-/m0/s1. The van der Waals surface area contributed by atoms with Crippen LogP contribution in [0.4, 0.5) is 15.8 Å². The van der Waals surface area contributed by atoms with Crippen molar-refractivity contribution in [3.8, 4) is 0 Å². The molecule has 0 fully saturated rings. The van der Waals surface area contributed by atoms with Gasteiger partial charge < -0.3 is 5.32 Å². The van der Waals surface area contributed by atoms with Crippen molar-refractivity contribution in [3.63, 3.8) is 0 Å². The Balaban J connectivity index is 1.81. The lowest BCUT2D eigenvalue weighted by Gasteiger charge is -2.19. The van der Waals surface area contributed by atoms with Gasteiger partial charge in [-0.3, -0.25) is 9.79 Å². The first kappa shape index (κ1) is 17.8. The Kier molecular flexibility index (Phi) is 4.81. The van der Waals surface area contributed by atoms with E-state index in [9.17, 15) is 9.18 Å². The van der Waals surface area contributed by atoms with Gasteiger partial charge in [-0.25, -0.2) is 9.38 Å². The van der Waals surface area contributed by atoms with Crippen LogP contribution >= 0.6 is 0 Å². The van der Waals surface area contributed by atoms with E-state index in [2.05, 4.69) is 5.32 Å². The highest BCUT2D eigenvalue weighted by molar-refractivity contribution is 6.19. The number of aliphatic imine (C=N–C) groups is 2. The lowest BCUT2D eigenvalue weighted by Crippen LogP contribution is -2.37. The molecule has 0 spiro atoms. The normalized spacial score (nSPS) is 15.7. The maximum Gasteiger partial charge on any atom is 0.259 e. The predicted octanol–water partition coefficient (Wildman–Crippen LogP) is 5.18. The largest absolute Gasteiger partial charge is 0.309 e. The number of halogens is 1. The summed E-state index contributed by atoms with van der Waals surface area (Å²) in [7, 11) is 0. The summed E-state index contributed by atoms with van der Waals surface area (Å²) in [6.07, 6.45) is 0. The molecule has 4 nitrogen and oxygen atoms in total. The van der Waals surface area contributed by atoms with Gasteiger partial charge in [0.15, 0.2) is 0 Å². The van der Waals surface area contributed by atoms with Gasteiger partial charge in [0.1, 0.15) is 11.7 Å². The van der Waals surface area contributed by atoms with Gasteiger partial charge in [0, 0.05) is 5.71 Å². The Morgan fingerprint density at radius 2 is 1.46 bits per heavy atom. The lowest BCUT2D eigenvalue weighted by molar-refractivity contribution is 0.0972. The van der Waals surface area contributed by atoms with Crippen LogP contribution in [0.1, 0.15) is 28.8 Å². The number of hydrogen-bond donors (Lipinski definition) is 1. The number of nitrogens with zero attached hydrogens (tertiary/aromatic N) is 2. The van der Waals surface area contributed by atoms with Crippen LogP contribution in [0.25, 0.3) is 0 Å². The lowest BCUT2D eigenvalue weighted by atomic mass is 9.93. The molecule has 0 aliphatic carbocycles. The Labute approximate surface area is 162 Å². The molecule has 4 rings (SSSR count). The summed E-state index contributed by atoms with van der Waals surface area (Å²) in [6, 6.07) is 23.1. The van der Waals surface area contributed by atoms with Crippen LogP contribution < -0.4 is 5.32 Å². The number of para-hydroxylation sites is 2. The van der Waals surface area contributed by atoms with E-state index in [0.29, 0.717) is 11.5 Å². The molecule has 0 radical (unpaired) electrons. The van der Waals surface area contributed by atoms with Crippen LogP contribution in [0.15, 0.2) is 88.8 Å². The third-order valence-corrected chi connectivity index (χ3v) is 4.60. The molecule has 5 heteroatoms. The molecule has 1 aliphatic rings. The Morgan fingerprint density at radius 3 is 2.18 bits per heavy atom. The van der Waals surface area contributed by atoms with Crippen LogP contribution in [-0.4, -0.2) is 17.5 Å². The second kappa shape index (κ2) is 7.56. The molecule has 1 heterocycles. The average molecular weight is 371 g/mol. The fraction of sp³-hybridized carbons (Fsp3) is 0.0870. The van der Waals surface area contributed by atoms with Crippen molar-refractivity contribution in [1.29, 1.82) is 0 Å². The van der Waals surface area contributed by atoms with Gasteiger partial charge in [-0.05, 0) is 36.8 Å². The zero-order valence-corrected chi connectivity index (χ0v) is 15.3. The number of fused-ring (bicyclic) bond motifs is 1. The highest BCUT2D eigenvalue weighted by Gasteiger charge is 2.27. The van der Waals surface area contributed by atoms with Gasteiger partial charge in [-0.2, -0.15) is 0 Å². The first-order valence-corrected chi connectivity index (χ1v) is 8.97. The molecule has 0 aromatic heterocycles. The van der Waals surface area contributed by atoms with Crippen molar-refractivity contribution < 1.29 is 9.18 Å². The van der Waals surface area contributed by atoms with Crippen LogP contribution in [-0.2, 0) is 0 Å². The zero-order chi connectivity index (χ0) is 19.5. The van der Waals surface area contributed by atoms with Crippen molar-refractivity contribution in [2.45, 2.75) is 12.8 Å². The molecule has 0 bridgehead atoms. The summed E-state index contributed by atoms with van der Waals surface area (Å²) in [5.41, 5.74) is 3.11. The van der Waals surface area contributed by atoms with E-state index in [1.807, 2.05) is 61.5 Å². The summed E-state index contributed by atoms with van der Waals surface area (Å²) in [6.45, 7) is 1.91. The van der Waals surface area contributed by atoms with E-state index in [4.69, 9.17) is 9.98 Å². The average Bonchev–Trinajstić information content (AvgIpc) is 2.84. The van der Waals surface area contributed by atoms with Gasteiger partial charge >= 0.3 is 0 Å². The van der Waals surface area contributed by atoms with E-state index < -0.39 is 11.7 Å². The van der Waals surface area contributed by atoms with Crippen molar-refractivity contribution in [2.75, 3.05) is 0 Å². The van der Waals surface area contributed by atoms with Gasteiger partial charge in [-0.15, -0.1) is 0 Å². The number of benzene rings is 3. The quantitative estimate of drug-likeness (QED) is 0.663. The molecule has 0 saturated heterocycles. The minimum atomic E-state index is -0.573. The van der Waals surface area contributed by atoms with E-state index in [0.717, 1.165) is 17.0 Å². The third-order valence-electron chi connectivity index (χ3n) is 4.60. The molecular formula is C23H18FN3O. The van der Waals surface area contributed by atoms with Gasteiger partial charge in [0.25, 0.3) is 5.91 Å². The van der Waals surface area contributed by atoms with Crippen LogP contribution in [0.3, 0.4) is 0 Å². The monoisotopic (exact) mass is 371 g/mol. The first-order valence-electron chi connectivity index (χ1n) is 8.97. The molecule has 1 aliphatic heterocycles. The second-order valence-corrected chi connectivity index (χ2v) is 6.52. The predicted molar refractivity (Wildman–Crippen MR) is 109 cm³/mol. The Morgan fingerprint density at radius 1 is 0.857 bits per heavy atom. The van der Waals surface area contributed by atoms with Crippen molar-refractivity contribution >= 4 is 28.8 Å². The van der Waals surface area contributed by atoms with Crippen LogP contribution in [0.2, 0.25) is 0 Å². The highest BCUT2D eigenvalue weighted by Crippen LogP contribution is 2.34. The fourth-order valence-electron chi connectivity index (χ4n) is 3.27. The van der Waals surface area contributed by atoms with Gasteiger partial charge in [-0.1, -0.05) is 54.6 Å². The molecule has 3 aromatic carbocycles. The van der Waals surface area contributed by atoms with Crippen LogP contribution in [0, 0.1) is 5.82 Å². The van der Waals surface area contributed by atoms with Crippen molar-refractivity contribution in [2.24, 2.45) is 9.98 Å². The molecular weight excluding hydrogens is 353 g/mol. The molecule has 1 atom stereocenters. The Bertz CT molecular complexity index is 1090. The van der Waals surface area contributed by atoms with E-state index in [1.165, 1.54) is 12.1 Å². The smallest absolute Gasteiger partial charge is 0.259 e. The molecule has 1 amide bonds. The second-order valence-electron chi connectivity index (χ2n) is 6.52. The molecule has 0 unspecified atom stereocenters. The number of rotatable bonds is 2. The molecule has 0 saturated carbocycles. The number of amidine groups is 1. The number of amides is 1. The Hall–Kier alpha value is -3.60. The summed E-state index contributed by atoms with van der Waals surface area (Å²) in [5.74, 6) is -1.03. The summed E-state index contributed by atoms with van der Waals surface area (Å²) in [4.78, 5) is 22.2. The van der Waals surface area contributed by atoms with Crippen molar-refractivity contribution in [3.05, 3.63) is 95.8 Å². The first-order chi connectivity index (χ1) is 13.6. The van der Waals surface area contributed by atoms with E-state index >= 15 is 0 Å². The zero-order valence-electron chi connectivity index (χ0n) is 15.3. The van der Waals surface area contributed by atoms with Crippen molar-refractivity contribution in [1.82, 2.24) is 5.32 Å². The minimum Gasteiger partial charge on any atom is -0.309 e. The molecule has 3 aromatic rings. The topological polar surface area (TPSA) is 53.8 Å². The number of nitrogens with one attached hydrogen (secondary N) is 1. The van der Waals surface area contributed by atoms with E-state index in [1.54, 1.807) is 12.1 Å². The molecule has 28 heavy (non-hydrogen) atoms. The molecule has 138 valence electrons. The minimum absolute atomic E-state index is 0.0239. The SMILES string of the molecule is CC1=Nc2ccccc2N=C(NC(=O)c2ccccc2F)[C@@H]1c1ccccc1. The fourth-order valence-corrected chi connectivity index (χ4v) is 3.27. The number of carbonyl (C=O) groups is 1. The maximum absolute atomic E-state index is 14.1. The summed E-state index contributed by atoms with van der Waals surface area (Å²) < 4.78 is 14.1. The maximum atomic E-state index is 14.1. The highest BCUT2D eigenvalue weighted by atomic mass is 19.1. The number of hydrogen-bond acceptors (Lipinski definition) is 3. The van der Waals surface area contributed by atoms with Crippen LogP contribution in [0.5, 0.6) is 0 Å².